The van der Waals surface area contributed by atoms with E-state index in [0.717, 1.165) is 11.1 Å². The Labute approximate surface area is 175 Å². The van der Waals surface area contributed by atoms with Crippen molar-refractivity contribution in [3.63, 3.8) is 0 Å². The summed E-state index contributed by atoms with van der Waals surface area (Å²) in [6, 6.07) is 23.1. The normalized spacial score (nSPS) is 18.6. The predicted octanol–water partition coefficient (Wildman–Crippen LogP) is 4.49. The van der Waals surface area contributed by atoms with E-state index in [0.29, 0.717) is 5.56 Å². The van der Waals surface area contributed by atoms with E-state index in [1.165, 1.54) is 18.2 Å². The van der Waals surface area contributed by atoms with Crippen LogP contribution in [0.5, 0.6) is 0 Å². The summed E-state index contributed by atoms with van der Waals surface area (Å²) in [5, 5.41) is -0.933. The Hall–Kier alpha value is -2.99. The zero-order chi connectivity index (χ0) is 21.1. The number of carbonyl (C=O) groups excluding carboxylic acids is 1. The second-order valence-electron chi connectivity index (χ2n) is 7.40. The van der Waals surface area contributed by atoms with Gasteiger partial charge in [0.05, 0.1) is 11.0 Å². The largest absolute Gasteiger partial charge is 0.338 e. The lowest BCUT2D eigenvalue weighted by atomic mass is 10.0. The average Bonchev–Trinajstić information content (AvgIpc) is 2.92. The van der Waals surface area contributed by atoms with Crippen LogP contribution in [0.25, 0.3) is 11.1 Å². The number of rotatable bonds is 3. The lowest BCUT2D eigenvalue weighted by molar-refractivity contribution is 0.0766. The van der Waals surface area contributed by atoms with Crippen molar-refractivity contribution in [2.75, 3.05) is 18.8 Å². The SMILES string of the molecule is O=C(c1ccc(-c2ccccc2)cc1)N1CCC(c2ccccc2F)S(=O)(=O)CC1. The first-order valence-corrected chi connectivity index (χ1v) is 11.6. The van der Waals surface area contributed by atoms with E-state index in [4.69, 9.17) is 0 Å². The summed E-state index contributed by atoms with van der Waals surface area (Å²) in [5.41, 5.74) is 2.76. The molecule has 1 aliphatic rings. The summed E-state index contributed by atoms with van der Waals surface area (Å²) >= 11 is 0. The summed E-state index contributed by atoms with van der Waals surface area (Å²) in [6.07, 6.45) is 0.178. The minimum Gasteiger partial charge on any atom is -0.338 e. The van der Waals surface area contributed by atoms with Crippen LogP contribution >= 0.6 is 0 Å². The first-order valence-electron chi connectivity index (χ1n) is 9.86. The minimum atomic E-state index is -3.56. The molecule has 1 heterocycles. The van der Waals surface area contributed by atoms with Crippen molar-refractivity contribution >= 4 is 15.7 Å². The summed E-state index contributed by atoms with van der Waals surface area (Å²) in [5.74, 6) is -0.916. The Balaban J connectivity index is 1.53. The quantitative estimate of drug-likeness (QED) is 0.624. The van der Waals surface area contributed by atoms with E-state index >= 15 is 0 Å². The number of carbonyl (C=O) groups is 1. The van der Waals surface area contributed by atoms with Gasteiger partial charge >= 0.3 is 0 Å². The van der Waals surface area contributed by atoms with Gasteiger partial charge in [0.25, 0.3) is 5.91 Å². The molecule has 0 N–H and O–H groups in total. The Kier molecular flexibility index (Phi) is 5.68. The van der Waals surface area contributed by atoms with Crippen LogP contribution in [0.4, 0.5) is 4.39 Å². The average molecular weight is 424 g/mol. The predicted molar refractivity (Wildman–Crippen MR) is 115 cm³/mol. The number of benzene rings is 3. The van der Waals surface area contributed by atoms with Crippen LogP contribution < -0.4 is 0 Å². The number of halogens is 1. The third-order valence-corrected chi connectivity index (χ3v) is 7.63. The van der Waals surface area contributed by atoms with Crippen molar-refractivity contribution in [2.45, 2.75) is 11.7 Å². The Morgan fingerprint density at radius 2 is 1.47 bits per heavy atom. The Morgan fingerprint density at radius 3 is 2.17 bits per heavy atom. The zero-order valence-corrected chi connectivity index (χ0v) is 17.2. The molecule has 1 unspecified atom stereocenters. The molecule has 1 aliphatic heterocycles. The number of hydrogen-bond acceptors (Lipinski definition) is 3. The maximum absolute atomic E-state index is 14.2. The maximum Gasteiger partial charge on any atom is 0.253 e. The van der Waals surface area contributed by atoms with Gasteiger partial charge in [0.1, 0.15) is 5.82 Å². The molecule has 0 bridgehead atoms. The van der Waals surface area contributed by atoms with Crippen LogP contribution in [0.15, 0.2) is 78.9 Å². The van der Waals surface area contributed by atoms with Gasteiger partial charge < -0.3 is 4.90 Å². The number of hydrogen-bond donors (Lipinski definition) is 0. The third-order valence-electron chi connectivity index (χ3n) is 5.52. The molecule has 1 fully saturated rings. The molecule has 1 saturated heterocycles. The zero-order valence-electron chi connectivity index (χ0n) is 16.4. The van der Waals surface area contributed by atoms with Gasteiger partial charge in [0, 0.05) is 24.2 Å². The molecule has 0 aliphatic carbocycles. The van der Waals surface area contributed by atoms with Gasteiger partial charge in [0.2, 0.25) is 0 Å². The molecular weight excluding hydrogens is 401 g/mol. The van der Waals surface area contributed by atoms with Gasteiger partial charge in [-0.25, -0.2) is 12.8 Å². The number of amides is 1. The first kappa shape index (κ1) is 20.3. The van der Waals surface area contributed by atoms with Crippen LogP contribution in [0.3, 0.4) is 0 Å². The fraction of sp³-hybridized carbons (Fsp3) is 0.208. The van der Waals surface area contributed by atoms with Crippen LogP contribution in [0.2, 0.25) is 0 Å². The maximum atomic E-state index is 14.2. The fourth-order valence-electron chi connectivity index (χ4n) is 3.85. The lowest BCUT2D eigenvalue weighted by Crippen LogP contribution is -2.33. The highest BCUT2D eigenvalue weighted by molar-refractivity contribution is 7.91. The van der Waals surface area contributed by atoms with Crippen molar-refractivity contribution in [3.05, 3.63) is 95.8 Å². The molecule has 0 spiro atoms. The van der Waals surface area contributed by atoms with Crippen molar-refractivity contribution in [3.8, 4) is 11.1 Å². The van der Waals surface area contributed by atoms with Gasteiger partial charge in [-0.05, 0) is 35.7 Å². The summed E-state index contributed by atoms with van der Waals surface area (Å²) in [4.78, 5) is 14.5. The van der Waals surface area contributed by atoms with Gasteiger partial charge in [0.15, 0.2) is 9.84 Å². The monoisotopic (exact) mass is 423 g/mol. The molecule has 30 heavy (non-hydrogen) atoms. The topological polar surface area (TPSA) is 54.5 Å². The summed E-state index contributed by atoms with van der Waals surface area (Å²) in [7, 11) is -3.56. The number of sulfone groups is 1. The van der Waals surface area contributed by atoms with Crippen molar-refractivity contribution in [1.29, 1.82) is 0 Å². The van der Waals surface area contributed by atoms with Gasteiger partial charge in [-0.15, -0.1) is 0 Å². The van der Waals surface area contributed by atoms with E-state index in [2.05, 4.69) is 0 Å². The van der Waals surface area contributed by atoms with Crippen LogP contribution in [0, 0.1) is 5.82 Å². The summed E-state index contributed by atoms with van der Waals surface area (Å²) < 4.78 is 39.7. The highest BCUT2D eigenvalue weighted by Gasteiger charge is 2.34. The molecular formula is C24H22FNO3S. The van der Waals surface area contributed by atoms with Crippen LogP contribution in [0.1, 0.15) is 27.6 Å². The molecule has 0 saturated carbocycles. The highest BCUT2D eigenvalue weighted by Crippen LogP contribution is 2.31. The fourth-order valence-corrected chi connectivity index (χ4v) is 5.65. The van der Waals surface area contributed by atoms with Gasteiger partial charge in [-0.2, -0.15) is 0 Å². The van der Waals surface area contributed by atoms with E-state index in [-0.39, 0.29) is 36.7 Å². The molecule has 154 valence electrons. The Morgan fingerprint density at radius 1 is 0.833 bits per heavy atom. The molecule has 4 rings (SSSR count). The Bertz CT molecular complexity index is 1140. The first-order chi connectivity index (χ1) is 14.5. The minimum absolute atomic E-state index is 0.104. The molecule has 0 aromatic heterocycles. The second-order valence-corrected chi connectivity index (χ2v) is 9.70. The molecule has 1 amide bonds. The van der Waals surface area contributed by atoms with E-state index in [1.54, 1.807) is 23.1 Å². The highest BCUT2D eigenvalue weighted by atomic mass is 32.2. The summed E-state index contributed by atoms with van der Waals surface area (Å²) in [6.45, 7) is 0.365. The standard InChI is InChI=1S/C24H22FNO3S/c25-22-9-5-4-8-21(22)23-14-15-26(16-17-30(23,28)29)24(27)20-12-10-19(11-13-20)18-6-2-1-3-7-18/h1-13,23H,14-17H2. The smallest absolute Gasteiger partial charge is 0.253 e. The lowest BCUT2D eigenvalue weighted by Gasteiger charge is -2.20. The van der Waals surface area contributed by atoms with Crippen LogP contribution in [-0.2, 0) is 9.84 Å². The molecule has 0 radical (unpaired) electrons. The van der Waals surface area contributed by atoms with Crippen molar-refractivity contribution in [2.24, 2.45) is 0 Å². The van der Waals surface area contributed by atoms with E-state index < -0.39 is 20.9 Å². The van der Waals surface area contributed by atoms with E-state index in [9.17, 15) is 17.6 Å². The van der Waals surface area contributed by atoms with Crippen LogP contribution in [-0.4, -0.2) is 38.1 Å². The third kappa shape index (κ3) is 4.14. The van der Waals surface area contributed by atoms with Crippen molar-refractivity contribution in [1.82, 2.24) is 4.90 Å². The van der Waals surface area contributed by atoms with E-state index in [1.807, 2.05) is 42.5 Å². The van der Waals surface area contributed by atoms with Gasteiger partial charge in [-0.1, -0.05) is 60.7 Å². The molecule has 3 aromatic rings. The van der Waals surface area contributed by atoms with Gasteiger partial charge in [-0.3, -0.25) is 4.79 Å². The molecule has 4 nitrogen and oxygen atoms in total. The van der Waals surface area contributed by atoms with Crippen molar-refractivity contribution < 1.29 is 17.6 Å². The number of nitrogens with zero attached hydrogens (tertiary/aromatic N) is 1. The molecule has 3 aromatic carbocycles. The second kappa shape index (κ2) is 8.40. The molecule has 1 atom stereocenters. The molecule has 6 heteroatoms.